The van der Waals surface area contributed by atoms with E-state index in [2.05, 4.69) is 15.6 Å². The van der Waals surface area contributed by atoms with Crippen molar-refractivity contribution in [2.75, 3.05) is 40.0 Å². The highest BCUT2D eigenvalue weighted by Crippen LogP contribution is 2.33. The molecular formula is C32H38N4O7. The van der Waals surface area contributed by atoms with E-state index in [0.29, 0.717) is 73.4 Å². The molecule has 228 valence electrons. The van der Waals surface area contributed by atoms with Crippen molar-refractivity contribution in [2.45, 2.75) is 45.2 Å². The van der Waals surface area contributed by atoms with Gasteiger partial charge in [0, 0.05) is 37.7 Å². The van der Waals surface area contributed by atoms with Crippen molar-refractivity contribution in [1.82, 2.24) is 20.5 Å². The molecule has 3 heterocycles. The summed E-state index contributed by atoms with van der Waals surface area (Å²) in [6.07, 6.45) is 1.99. The number of fused-ring (bicyclic) bond motifs is 5. The standard InChI is InChI=1S/C32H38N4O7/c1-21-26-19-33-30(38)25(17-22-7-4-3-5-8-22)34-29(37)20-36(32(39)23-11-15-41-16-12-23)13-6-14-42-28-18-24(31(35-26)43-21)9-10-27(28)40-2/h3-5,7-10,18,23,25H,6,11-17,19-20H2,1-2H3,(H,33,38)(H,34,37)/t25-/m1/s1. The summed E-state index contributed by atoms with van der Waals surface area (Å²) in [4.78, 5) is 46.6. The molecule has 1 saturated heterocycles. The maximum absolute atomic E-state index is 13.5. The molecule has 0 spiro atoms. The van der Waals surface area contributed by atoms with Crippen molar-refractivity contribution in [1.29, 1.82) is 0 Å². The zero-order valence-electron chi connectivity index (χ0n) is 24.6. The summed E-state index contributed by atoms with van der Waals surface area (Å²) in [7, 11) is 1.56. The van der Waals surface area contributed by atoms with Crippen molar-refractivity contribution in [2.24, 2.45) is 5.92 Å². The first-order valence-electron chi connectivity index (χ1n) is 14.7. The Morgan fingerprint density at radius 3 is 2.65 bits per heavy atom. The zero-order chi connectivity index (χ0) is 30.2. The minimum atomic E-state index is -0.854. The predicted molar refractivity (Wildman–Crippen MR) is 157 cm³/mol. The molecule has 2 N–H and O–H groups in total. The number of carbonyl (C=O) groups is 3. The summed E-state index contributed by atoms with van der Waals surface area (Å²) in [6, 6.07) is 14.0. The molecule has 2 aliphatic heterocycles. The molecule has 5 rings (SSSR count). The van der Waals surface area contributed by atoms with Crippen LogP contribution in [0.15, 0.2) is 52.9 Å². The minimum Gasteiger partial charge on any atom is -0.493 e. The quantitative estimate of drug-likeness (QED) is 0.474. The van der Waals surface area contributed by atoms with Crippen LogP contribution in [0.5, 0.6) is 11.5 Å². The molecule has 0 unspecified atom stereocenters. The second-order valence-corrected chi connectivity index (χ2v) is 10.8. The summed E-state index contributed by atoms with van der Waals surface area (Å²) in [6.45, 7) is 3.36. The van der Waals surface area contributed by atoms with Gasteiger partial charge in [-0.05, 0) is 49.9 Å². The number of benzene rings is 2. The van der Waals surface area contributed by atoms with Crippen LogP contribution >= 0.6 is 0 Å². The number of rotatable bonds is 4. The van der Waals surface area contributed by atoms with Crippen LogP contribution in [0.4, 0.5) is 0 Å². The molecule has 4 bridgehead atoms. The molecular weight excluding hydrogens is 552 g/mol. The third-order valence-corrected chi connectivity index (χ3v) is 7.71. The number of aromatic nitrogens is 1. The van der Waals surface area contributed by atoms with E-state index in [0.717, 1.165) is 5.56 Å². The van der Waals surface area contributed by atoms with E-state index >= 15 is 0 Å². The molecule has 0 saturated carbocycles. The first-order chi connectivity index (χ1) is 20.9. The average molecular weight is 591 g/mol. The number of amides is 3. The van der Waals surface area contributed by atoms with Crippen LogP contribution in [0.2, 0.25) is 0 Å². The lowest BCUT2D eigenvalue weighted by molar-refractivity contribution is -0.142. The normalized spacial score (nSPS) is 18.9. The van der Waals surface area contributed by atoms with Crippen molar-refractivity contribution < 1.29 is 33.0 Å². The number of hydrogen-bond donors (Lipinski definition) is 2. The largest absolute Gasteiger partial charge is 0.493 e. The molecule has 2 aliphatic rings. The lowest BCUT2D eigenvalue weighted by Gasteiger charge is -2.29. The van der Waals surface area contributed by atoms with Gasteiger partial charge in [0.05, 0.1) is 26.8 Å². The number of methoxy groups -OCH3 is 1. The van der Waals surface area contributed by atoms with E-state index < -0.39 is 11.9 Å². The fraction of sp³-hybridized carbons (Fsp3) is 0.438. The minimum absolute atomic E-state index is 0.0920. The maximum atomic E-state index is 13.5. The van der Waals surface area contributed by atoms with Gasteiger partial charge in [-0.2, -0.15) is 0 Å². The van der Waals surface area contributed by atoms with Crippen molar-refractivity contribution in [3.8, 4) is 23.0 Å². The second kappa shape index (κ2) is 14.2. The van der Waals surface area contributed by atoms with Gasteiger partial charge in [-0.1, -0.05) is 30.3 Å². The molecule has 2 aromatic carbocycles. The summed E-state index contributed by atoms with van der Waals surface area (Å²) < 4.78 is 22.9. The smallest absolute Gasteiger partial charge is 0.243 e. The van der Waals surface area contributed by atoms with Gasteiger partial charge in [-0.3, -0.25) is 14.4 Å². The Hall–Kier alpha value is -4.38. The first-order valence-corrected chi connectivity index (χ1v) is 14.7. The van der Waals surface area contributed by atoms with E-state index in [1.165, 1.54) is 0 Å². The number of hydrogen-bond acceptors (Lipinski definition) is 8. The Morgan fingerprint density at radius 1 is 1.09 bits per heavy atom. The number of aryl methyl sites for hydroxylation is 1. The second-order valence-electron chi connectivity index (χ2n) is 10.8. The molecule has 3 aromatic rings. The van der Waals surface area contributed by atoms with Crippen LogP contribution in [0.3, 0.4) is 0 Å². The number of ether oxygens (including phenoxy) is 3. The van der Waals surface area contributed by atoms with E-state index in [-0.39, 0.29) is 43.8 Å². The van der Waals surface area contributed by atoms with Crippen LogP contribution in [-0.4, -0.2) is 73.7 Å². The monoisotopic (exact) mass is 590 g/mol. The molecule has 1 fully saturated rings. The summed E-state index contributed by atoms with van der Waals surface area (Å²) in [5, 5.41) is 5.79. The van der Waals surface area contributed by atoms with Gasteiger partial charge >= 0.3 is 0 Å². The van der Waals surface area contributed by atoms with Gasteiger partial charge in [0.1, 0.15) is 17.5 Å². The highest BCUT2D eigenvalue weighted by atomic mass is 16.5. The van der Waals surface area contributed by atoms with Gasteiger partial charge in [-0.15, -0.1) is 0 Å². The van der Waals surface area contributed by atoms with Crippen molar-refractivity contribution >= 4 is 17.7 Å². The van der Waals surface area contributed by atoms with Crippen molar-refractivity contribution in [3.05, 3.63) is 65.5 Å². The Kier molecular flexibility index (Phi) is 9.93. The Labute approximate surface area is 250 Å². The van der Waals surface area contributed by atoms with E-state index in [9.17, 15) is 14.4 Å². The van der Waals surface area contributed by atoms with E-state index in [4.69, 9.17) is 18.6 Å². The van der Waals surface area contributed by atoms with Gasteiger partial charge in [0.15, 0.2) is 11.5 Å². The summed E-state index contributed by atoms with van der Waals surface area (Å²) in [5.74, 6) is 0.940. The molecule has 11 heteroatoms. The number of oxazole rings is 1. The number of nitrogens with zero attached hydrogens (tertiary/aromatic N) is 2. The fourth-order valence-corrected chi connectivity index (χ4v) is 5.31. The Bertz CT molecular complexity index is 1420. The average Bonchev–Trinajstić information content (AvgIpc) is 3.41. The molecule has 1 atom stereocenters. The van der Waals surface area contributed by atoms with Crippen LogP contribution in [0.25, 0.3) is 11.5 Å². The highest BCUT2D eigenvalue weighted by molar-refractivity contribution is 5.90. The molecule has 11 nitrogen and oxygen atoms in total. The molecule has 3 amide bonds. The SMILES string of the molecule is COc1ccc2cc1OCCCN(C(=O)C1CCOCC1)CC(=O)N[C@H](Cc1ccccc1)C(=O)NCc1nc-2oc1C. The number of nitrogens with one attached hydrogen (secondary N) is 2. The molecule has 43 heavy (non-hydrogen) atoms. The highest BCUT2D eigenvalue weighted by Gasteiger charge is 2.29. The fourth-order valence-electron chi connectivity index (χ4n) is 5.31. The van der Waals surface area contributed by atoms with E-state index in [1.807, 2.05) is 36.4 Å². The summed E-state index contributed by atoms with van der Waals surface area (Å²) >= 11 is 0. The van der Waals surface area contributed by atoms with Crippen LogP contribution in [0.1, 0.15) is 36.3 Å². The van der Waals surface area contributed by atoms with E-state index in [1.54, 1.807) is 31.1 Å². The van der Waals surface area contributed by atoms with Gasteiger partial charge in [-0.25, -0.2) is 4.98 Å². The van der Waals surface area contributed by atoms with Crippen LogP contribution in [0, 0.1) is 12.8 Å². The first kappa shape index (κ1) is 30.1. The van der Waals surface area contributed by atoms with Crippen molar-refractivity contribution in [3.63, 3.8) is 0 Å². The van der Waals surface area contributed by atoms with Crippen LogP contribution < -0.4 is 20.1 Å². The lowest BCUT2D eigenvalue weighted by atomic mass is 9.98. The van der Waals surface area contributed by atoms with Gasteiger partial charge in [0.2, 0.25) is 23.6 Å². The molecule has 0 aliphatic carbocycles. The molecule has 1 aromatic heterocycles. The zero-order valence-corrected chi connectivity index (χ0v) is 24.6. The van der Waals surface area contributed by atoms with Crippen LogP contribution in [-0.2, 0) is 32.1 Å². The predicted octanol–water partition coefficient (Wildman–Crippen LogP) is 3.04. The maximum Gasteiger partial charge on any atom is 0.243 e. The molecule has 0 radical (unpaired) electrons. The third-order valence-electron chi connectivity index (χ3n) is 7.71. The summed E-state index contributed by atoms with van der Waals surface area (Å²) in [5.41, 5.74) is 2.16. The third kappa shape index (κ3) is 7.72. The van der Waals surface area contributed by atoms with Gasteiger partial charge in [0.25, 0.3) is 0 Å². The lowest BCUT2D eigenvalue weighted by Crippen LogP contribution is -2.52. The Balaban J connectivity index is 1.43. The Morgan fingerprint density at radius 2 is 1.88 bits per heavy atom. The van der Waals surface area contributed by atoms with Gasteiger partial charge < -0.3 is 34.2 Å². The number of carbonyl (C=O) groups excluding carboxylic acids is 3. The topological polar surface area (TPSA) is 132 Å².